The fourth-order valence-electron chi connectivity index (χ4n) is 5.32. The minimum atomic E-state index is 0.830. The van der Waals surface area contributed by atoms with Crippen molar-refractivity contribution < 1.29 is 0 Å². The first-order chi connectivity index (χ1) is 8.42. The molecule has 1 N–H and O–H groups in total. The molecule has 0 spiro atoms. The highest BCUT2D eigenvalue weighted by molar-refractivity contribution is 5.01. The number of likely N-dealkylation sites (tertiary alicyclic amines) is 1. The van der Waals surface area contributed by atoms with Crippen LogP contribution >= 0.6 is 0 Å². The topological polar surface area (TPSA) is 15.3 Å². The molecule has 4 fully saturated rings. The van der Waals surface area contributed by atoms with Crippen molar-refractivity contribution in [3.8, 4) is 0 Å². The zero-order valence-corrected chi connectivity index (χ0v) is 10.9. The Morgan fingerprint density at radius 1 is 0.882 bits per heavy atom. The van der Waals surface area contributed by atoms with Gasteiger partial charge in [0.25, 0.3) is 0 Å². The third-order valence-electron chi connectivity index (χ3n) is 6.03. The zero-order chi connectivity index (χ0) is 11.2. The average molecular weight is 234 g/mol. The number of hydrogen-bond acceptors (Lipinski definition) is 2. The van der Waals surface area contributed by atoms with Gasteiger partial charge in [-0.2, -0.15) is 0 Å². The lowest BCUT2D eigenvalue weighted by atomic mass is 9.92. The molecule has 2 saturated carbocycles. The molecule has 2 bridgehead atoms. The molecule has 2 heterocycles. The predicted octanol–water partition coefficient (Wildman–Crippen LogP) is 2.39. The van der Waals surface area contributed by atoms with Crippen molar-refractivity contribution in [2.45, 2.75) is 69.5 Å². The van der Waals surface area contributed by atoms with Gasteiger partial charge in [0.2, 0.25) is 0 Å². The number of nitrogens with zero attached hydrogens (tertiary/aromatic N) is 1. The van der Waals surface area contributed by atoms with Crippen LogP contribution in [0.5, 0.6) is 0 Å². The Bertz CT molecular complexity index is 285. The summed E-state index contributed by atoms with van der Waals surface area (Å²) in [5.74, 6) is 2.17. The molecule has 96 valence electrons. The van der Waals surface area contributed by atoms with Crippen molar-refractivity contribution in [1.82, 2.24) is 10.2 Å². The summed E-state index contributed by atoms with van der Waals surface area (Å²) in [4.78, 5) is 2.94. The smallest absolute Gasteiger partial charge is 0.0252 e. The molecule has 5 atom stereocenters. The second-order valence-corrected chi connectivity index (χ2v) is 6.89. The molecule has 5 unspecified atom stereocenters. The predicted molar refractivity (Wildman–Crippen MR) is 70.0 cm³/mol. The summed E-state index contributed by atoms with van der Waals surface area (Å²) in [5.41, 5.74) is 0. The third kappa shape index (κ3) is 1.76. The van der Waals surface area contributed by atoms with E-state index in [1.807, 2.05) is 0 Å². The van der Waals surface area contributed by atoms with Crippen molar-refractivity contribution in [3.63, 3.8) is 0 Å². The van der Waals surface area contributed by atoms with Gasteiger partial charge < -0.3 is 5.32 Å². The standard InChI is InChI=1S/C15H26N2/c1-3-13(16-7-1)14-4-2-8-17(14)15-10-11-5-6-12(15)9-11/h11-16H,1-10H2. The van der Waals surface area contributed by atoms with Crippen LogP contribution in [0.25, 0.3) is 0 Å². The lowest BCUT2D eigenvalue weighted by molar-refractivity contribution is 0.110. The monoisotopic (exact) mass is 234 g/mol. The van der Waals surface area contributed by atoms with E-state index in [4.69, 9.17) is 0 Å². The van der Waals surface area contributed by atoms with Gasteiger partial charge in [-0.15, -0.1) is 0 Å². The van der Waals surface area contributed by atoms with Crippen molar-refractivity contribution >= 4 is 0 Å². The van der Waals surface area contributed by atoms with E-state index in [0.29, 0.717) is 0 Å². The highest BCUT2D eigenvalue weighted by Gasteiger charge is 2.46. The Kier molecular flexibility index (Phi) is 2.69. The first-order valence-electron chi connectivity index (χ1n) is 7.91. The van der Waals surface area contributed by atoms with Gasteiger partial charge in [0.05, 0.1) is 0 Å². The second kappa shape index (κ2) is 4.24. The molecule has 0 aromatic carbocycles. The summed E-state index contributed by atoms with van der Waals surface area (Å²) in [6.07, 6.45) is 11.9. The molecular formula is C15H26N2. The SMILES string of the molecule is C1CNC(C2CCCN2C2CC3CCC2C3)C1. The van der Waals surface area contributed by atoms with Gasteiger partial charge in [-0.25, -0.2) is 0 Å². The normalized spacial score (nSPS) is 50.5. The van der Waals surface area contributed by atoms with Gasteiger partial charge in [0.15, 0.2) is 0 Å². The molecule has 2 aliphatic heterocycles. The highest BCUT2D eigenvalue weighted by atomic mass is 15.2. The van der Waals surface area contributed by atoms with Crippen LogP contribution in [0.4, 0.5) is 0 Å². The molecule has 0 radical (unpaired) electrons. The first-order valence-corrected chi connectivity index (χ1v) is 7.91. The molecule has 0 aromatic rings. The Morgan fingerprint density at radius 3 is 2.59 bits per heavy atom. The Hall–Kier alpha value is -0.0800. The fraction of sp³-hybridized carbons (Fsp3) is 1.00. The van der Waals surface area contributed by atoms with E-state index in [0.717, 1.165) is 30.0 Å². The van der Waals surface area contributed by atoms with E-state index in [1.165, 1.54) is 51.6 Å². The summed E-state index contributed by atoms with van der Waals surface area (Å²) < 4.78 is 0. The van der Waals surface area contributed by atoms with Gasteiger partial charge in [-0.3, -0.25) is 4.90 Å². The van der Waals surface area contributed by atoms with Crippen LogP contribution in [-0.2, 0) is 0 Å². The minimum absolute atomic E-state index is 0.830. The van der Waals surface area contributed by atoms with Crippen molar-refractivity contribution in [2.24, 2.45) is 11.8 Å². The lowest BCUT2D eigenvalue weighted by Crippen LogP contribution is -2.49. The van der Waals surface area contributed by atoms with Crippen LogP contribution in [0, 0.1) is 11.8 Å². The second-order valence-electron chi connectivity index (χ2n) is 6.89. The van der Waals surface area contributed by atoms with Gasteiger partial charge in [0.1, 0.15) is 0 Å². The van der Waals surface area contributed by atoms with E-state index in [1.54, 1.807) is 12.8 Å². The number of nitrogens with one attached hydrogen (secondary N) is 1. The molecule has 2 aliphatic carbocycles. The van der Waals surface area contributed by atoms with Gasteiger partial charge in [0, 0.05) is 18.1 Å². The van der Waals surface area contributed by atoms with E-state index in [9.17, 15) is 0 Å². The summed E-state index contributed by atoms with van der Waals surface area (Å²) in [5, 5.41) is 3.75. The molecular weight excluding hydrogens is 208 g/mol. The van der Waals surface area contributed by atoms with E-state index in [2.05, 4.69) is 10.2 Å². The van der Waals surface area contributed by atoms with E-state index in [-0.39, 0.29) is 0 Å². The summed E-state index contributed by atoms with van der Waals surface area (Å²) in [6, 6.07) is 2.70. The highest BCUT2D eigenvalue weighted by Crippen LogP contribution is 2.48. The number of rotatable bonds is 2. The number of fused-ring (bicyclic) bond motifs is 2. The van der Waals surface area contributed by atoms with Crippen LogP contribution in [0.1, 0.15) is 51.4 Å². The molecule has 4 rings (SSSR count). The molecule has 2 nitrogen and oxygen atoms in total. The van der Waals surface area contributed by atoms with Gasteiger partial charge >= 0.3 is 0 Å². The molecule has 4 aliphatic rings. The van der Waals surface area contributed by atoms with Crippen LogP contribution in [0.15, 0.2) is 0 Å². The maximum atomic E-state index is 3.75. The molecule has 0 aromatic heterocycles. The zero-order valence-electron chi connectivity index (χ0n) is 10.9. The van der Waals surface area contributed by atoms with Crippen LogP contribution in [-0.4, -0.2) is 36.1 Å². The lowest BCUT2D eigenvalue weighted by Gasteiger charge is -2.38. The van der Waals surface area contributed by atoms with Crippen LogP contribution < -0.4 is 5.32 Å². The maximum Gasteiger partial charge on any atom is 0.0252 e. The molecule has 17 heavy (non-hydrogen) atoms. The summed E-state index contributed by atoms with van der Waals surface area (Å²) in [7, 11) is 0. The van der Waals surface area contributed by atoms with E-state index < -0.39 is 0 Å². The van der Waals surface area contributed by atoms with Crippen molar-refractivity contribution in [2.75, 3.05) is 13.1 Å². The fourth-order valence-corrected chi connectivity index (χ4v) is 5.32. The van der Waals surface area contributed by atoms with Crippen molar-refractivity contribution in [3.05, 3.63) is 0 Å². The Labute approximate surface area is 105 Å². The third-order valence-corrected chi connectivity index (χ3v) is 6.03. The van der Waals surface area contributed by atoms with Gasteiger partial charge in [-0.1, -0.05) is 6.42 Å². The van der Waals surface area contributed by atoms with Crippen LogP contribution in [0.3, 0.4) is 0 Å². The maximum absolute atomic E-state index is 3.75. The first kappa shape index (κ1) is 10.8. The number of hydrogen-bond donors (Lipinski definition) is 1. The summed E-state index contributed by atoms with van der Waals surface area (Å²) in [6.45, 7) is 2.67. The molecule has 0 amide bonds. The Morgan fingerprint density at radius 2 is 1.88 bits per heavy atom. The average Bonchev–Trinajstić information content (AvgIpc) is 3.12. The molecule has 2 saturated heterocycles. The van der Waals surface area contributed by atoms with E-state index >= 15 is 0 Å². The quantitative estimate of drug-likeness (QED) is 0.789. The van der Waals surface area contributed by atoms with Crippen LogP contribution in [0.2, 0.25) is 0 Å². The molecule has 2 heteroatoms. The largest absolute Gasteiger partial charge is 0.312 e. The van der Waals surface area contributed by atoms with Gasteiger partial charge in [-0.05, 0) is 69.9 Å². The Balaban J connectivity index is 1.48. The van der Waals surface area contributed by atoms with Crippen molar-refractivity contribution in [1.29, 1.82) is 0 Å². The summed E-state index contributed by atoms with van der Waals surface area (Å²) >= 11 is 0. The minimum Gasteiger partial charge on any atom is -0.312 e.